The minimum absolute atomic E-state index is 0.222. The first-order valence-electron chi connectivity index (χ1n) is 6.21. The Morgan fingerprint density at radius 2 is 1.88 bits per heavy atom. The van der Waals surface area contributed by atoms with E-state index >= 15 is 0 Å². The predicted octanol–water partition coefficient (Wildman–Crippen LogP) is 3.63. The minimum atomic E-state index is 0.222. The molecule has 1 aromatic rings. The summed E-state index contributed by atoms with van der Waals surface area (Å²) in [5.41, 5.74) is 1.16. The summed E-state index contributed by atoms with van der Waals surface area (Å²) in [4.78, 5) is 0. The Balaban J connectivity index is 2.23. The van der Waals surface area contributed by atoms with Crippen molar-refractivity contribution in [1.82, 2.24) is 5.32 Å². The molecule has 96 valence electrons. The van der Waals surface area contributed by atoms with Crippen molar-refractivity contribution in [3.63, 3.8) is 0 Å². The van der Waals surface area contributed by atoms with Crippen molar-refractivity contribution in [1.29, 1.82) is 0 Å². The van der Waals surface area contributed by atoms with Crippen LogP contribution in [0.5, 0.6) is 0 Å². The monoisotopic (exact) mass is 255 g/mol. The van der Waals surface area contributed by atoms with Crippen molar-refractivity contribution in [3.05, 3.63) is 34.9 Å². The average Bonchev–Trinajstić information content (AvgIpc) is 2.35. The van der Waals surface area contributed by atoms with Gasteiger partial charge in [-0.2, -0.15) is 0 Å². The second-order valence-electron chi connectivity index (χ2n) is 4.47. The molecule has 17 heavy (non-hydrogen) atoms. The summed E-state index contributed by atoms with van der Waals surface area (Å²) in [6, 6.07) is 8.33. The Morgan fingerprint density at radius 3 is 2.47 bits per heavy atom. The van der Waals surface area contributed by atoms with Gasteiger partial charge in [-0.1, -0.05) is 30.7 Å². The zero-order chi connectivity index (χ0) is 12.7. The first kappa shape index (κ1) is 14.5. The molecule has 1 N–H and O–H groups in total. The number of hydrogen-bond donors (Lipinski definition) is 1. The van der Waals surface area contributed by atoms with Crippen molar-refractivity contribution < 1.29 is 4.74 Å². The lowest BCUT2D eigenvalue weighted by molar-refractivity contribution is 0.0516. The molecule has 0 saturated carbocycles. The van der Waals surface area contributed by atoms with E-state index in [1.165, 1.54) is 0 Å². The fraction of sp³-hybridized carbons (Fsp3) is 0.571. The Hall–Kier alpha value is -0.570. The molecule has 0 aliphatic carbocycles. The van der Waals surface area contributed by atoms with Gasteiger partial charge in [0.05, 0.1) is 12.7 Å². The molecule has 0 aromatic heterocycles. The zero-order valence-corrected chi connectivity index (χ0v) is 11.6. The lowest BCUT2D eigenvalue weighted by atomic mass is 10.2. The van der Waals surface area contributed by atoms with Gasteiger partial charge in [-0.25, -0.2) is 0 Å². The quantitative estimate of drug-likeness (QED) is 0.803. The summed E-state index contributed by atoms with van der Waals surface area (Å²) in [6.45, 7) is 7.98. The molecule has 0 radical (unpaired) electrons. The average molecular weight is 256 g/mol. The highest BCUT2D eigenvalue weighted by Gasteiger charge is 2.04. The van der Waals surface area contributed by atoms with Crippen LogP contribution in [0.25, 0.3) is 0 Å². The van der Waals surface area contributed by atoms with E-state index in [0.29, 0.717) is 12.6 Å². The highest BCUT2D eigenvalue weighted by molar-refractivity contribution is 6.30. The third-order valence-electron chi connectivity index (χ3n) is 2.81. The Labute approximate surface area is 109 Å². The summed E-state index contributed by atoms with van der Waals surface area (Å²) in [6.07, 6.45) is 1.36. The van der Waals surface area contributed by atoms with Crippen molar-refractivity contribution >= 4 is 11.6 Å². The predicted molar refractivity (Wildman–Crippen MR) is 73.5 cm³/mol. The Morgan fingerprint density at radius 1 is 1.24 bits per heavy atom. The largest absolute Gasteiger partial charge is 0.373 e. The highest BCUT2D eigenvalue weighted by atomic mass is 35.5. The van der Waals surface area contributed by atoms with Crippen LogP contribution in [0, 0.1) is 0 Å². The first-order chi connectivity index (χ1) is 8.11. The topological polar surface area (TPSA) is 21.3 Å². The molecule has 0 saturated heterocycles. The lowest BCUT2D eigenvalue weighted by Crippen LogP contribution is -2.33. The molecule has 0 bridgehead atoms. The van der Waals surface area contributed by atoms with Gasteiger partial charge in [-0.05, 0) is 38.0 Å². The molecule has 0 spiro atoms. The van der Waals surface area contributed by atoms with Gasteiger partial charge in [0.1, 0.15) is 0 Å². The van der Waals surface area contributed by atoms with Gasteiger partial charge in [0.25, 0.3) is 0 Å². The third kappa shape index (κ3) is 6.06. The van der Waals surface area contributed by atoms with Gasteiger partial charge < -0.3 is 10.1 Å². The SMILES string of the molecule is CCC(C)NCC(C)OCc1ccc(Cl)cc1. The summed E-state index contributed by atoms with van der Waals surface area (Å²) < 4.78 is 5.76. The number of halogens is 1. The fourth-order valence-corrected chi connectivity index (χ4v) is 1.52. The molecule has 3 heteroatoms. The van der Waals surface area contributed by atoms with E-state index in [9.17, 15) is 0 Å². The molecule has 2 atom stereocenters. The van der Waals surface area contributed by atoms with Gasteiger partial charge in [-0.3, -0.25) is 0 Å². The van der Waals surface area contributed by atoms with E-state index < -0.39 is 0 Å². The van der Waals surface area contributed by atoms with Gasteiger partial charge in [0.2, 0.25) is 0 Å². The Bertz CT molecular complexity index is 313. The van der Waals surface area contributed by atoms with E-state index in [1.54, 1.807) is 0 Å². The molecule has 0 aliphatic rings. The van der Waals surface area contributed by atoms with Crippen molar-refractivity contribution in [3.8, 4) is 0 Å². The van der Waals surface area contributed by atoms with Crippen LogP contribution >= 0.6 is 11.6 Å². The van der Waals surface area contributed by atoms with Crippen LogP contribution in [0.4, 0.5) is 0 Å². The second kappa shape index (κ2) is 7.70. The van der Waals surface area contributed by atoms with Crippen LogP contribution in [-0.2, 0) is 11.3 Å². The number of benzene rings is 1. The van der Waals surface area contributed by atoms with E-state index in [1.807, 2.05) is 24.3 Å². The van der Waals surface area contributed by atoms with Crippen LogP contribution in [0.1, 0.15) is 32.8 Å². The summed E-state index contributed by atoms with van der Waals surface area (Å²) >= 11 is 5.82. The molecule has 2 nitrogen and oxygen atoms in total. The molecular weight excluding hydrogens is 234 g/mol. The second-order valence-corrected chi connectivity index (χ2v) is 4.90. The number of ether oxygens (including phenoxy) is 1. The van der Waals surface area contributed by atoms with Gasteiger partial charge in [0, 0.05) is 17.6 Å². The van der Waals surface area contributed by atoms with Crippen molar-refractivity contribution in [2.24, 2.45) is 0 Å². The molecule has 0 aliphatic heterocycles. The standard InChI is InChI=1S/C14H22ClNO/c1-4-11(2)16-9-12(3)17-10-13-5-7-14(15)8-6-13/h5-8,11-12,16H,4,9-10H2,1-3H3. The van der Waals surface area contributed by atoms with E-state index in [4.69, 9.17) is 16.3 Å². The number of nitrogens with one attached hydrogen (secondary N) is 1. The summed E-state index contributed by atoms with van der Waals surface area (Å²) in [5, 5.41) is 4.20. The van der Waals surface area contributed by atoms with E-state index in [2.05, 4.69) is 26.1 Å². The summed E-state index contributed by atoms with van der Waals surface area (Å²) in [5.74, 6) is 0. The van der Waals surface area contributed by atoms with E-state index in [0.717, 1.165) is 23.6 Å². The van der Waals surface area contributed by atoms with Crippen LogP contribution < -0.4 is 5.32 Å². The molecule has 1 aromatic carbocycles. The molecule has 0 fully saturated rings. The van der Waals surface area contributed by atoms with Crippen LogP contribution in [0.15, 0.2) is 24.3 Å². The fourth-order valence-electron chi connectivity index (χ4n) is 1.39. The van der Waals surface area contributed by atoms with Crippen molar-refractivity contribution in [2.45, 2.75) is 45.9 Å². The van der Waals surface area contributed by atoms with Gasteiger partial charge in [0.15, 0.2) is 0 Å². The van der Waals surface area contributed by atoms with Gasteiger partial charge >= 0.3 is 0 Å². The third-order valence-corrected chi connectivity index (χ3v) is 3.07. The smallest absolute Gasteiger partial charge is 0.0721 e. The first-order valence-corrected chi connectivity index (χ1v) is 6.59. The molecular formula is C14H22ClNO. The maximum Gasteiger partial charge on any atom is 0.0721 e. The Kier molecular flexibility index (Phi) is 6.56. The number of rotatable bonds is 7. The molecule has 0 heterocycles. The van der Waals surface area contributed by atoms with Crippen LogP contribution in [0.3, 0.4) is 0 Å². The number of hydrogen-bond acceptors (Lipinski definition) is 2. The van der Waals surface area contributed by atoms with E-state index in [-0.39, 0.29) is 6.10 Å². The maximum atomic E-state index is 5.82. The molecule has 1 rings (SSSR count). The highest BCUT2D eigenvalue weighted by Crippen LogP contribution is 2.10. The van der Waals surface area contributed by atoms with Crippen molar-refractivity contribution in [2.75, 3.05) is 6.54 Å². The molecule has 2 unspecified atom stereocenters. The maximum absolute atomic E-state index is 5.82. The zero-order valence-electron chi connectivity index (χ0n) is 10.9. The molecule has 0 amide bonds. The minimum Gasteiger partial charge on any atom is -0.373 e. The van der Waals surface area contributed by atoms with Gasteiger partial charge in [-0.15, -0.1) is 0 Å². The van der Waals surface area contributed by atoms with Crippen LogP contribution in [0.2, 0.25) is 5.02 Å². The summed E-state index contributed by atoms with van der Waals surface area (Å²) in [7, 11) is 0. The lowest BCUT2D eigenvalue weighted by Gasteiger charge is -2.17. The normalized spacial score (nSPS) is 14.6. The van der Waals surface area contributed by atoms with Crippen LogP contribution in [-0.4, -0.2) is 18.7 Å².